The molecule has 2 heterocycles. The molecule has 3 rings (SSSR count). The summed E-state index contributed by atoms with van der Waals surface area (Å²) >= 11 is 0.933. The van der Waals surface area contributed by atoms with Gasteiger partial charge in [-0.1, -0.05) is 37.7 Å². The number of methoxy groups -OCH3 is 1. The minimum absolute atomic E-state index is 0.00641. The third kappa shape index (κ3) is 5.39. The number of benzene rings is 1. The Bertz CT molecular complexity index is 1200. The Hall–Kier alpha value is -3.38. The Labute approximate surface area is 199 Å². The van der Waals surface area contributed by atoms with Crippen LogP contribution in [0.3, 0.4) is 0 Å². The van der Waals surface area contributed by atoms with Crippen molar-refractivity contribution in [2.45, 2.75) is 26.9 Å². The quantitative estimate of drug-likeness (QED) is 0.535. The van der Waals surface area contributed by atoms with Gasteiger partial charge in [-0.05, 0) is 23.6 Å². The van der Waals surface area contributed by atoms with E-state index < -0.39 is 17.2 Å². The summed E-state index contributed by atoms with van der Waals surface area (Å²) in [6, 6.07) is 6.44. The van der Waals surface area contributed by atoms with Crippen LogP contribution in [0.2, 0.25) is 0 Å². The summed E-state index contributed by atoms with van der Waals surface area (Å²) in [6.45, 7) is 4.20. The zero-order valence-corrected chi connectivity index (χ0v) is 20.0. The number of nitrogen functional groups attached to an aromatic ring is 1. The van der Waals surface area contributed by atoms with Crippen LogP contribution < -0.4 is 21.9 Å². The molecule has 3 N–H and O–H groups in total. The number of aromatic nitrogens is 2. The van der Waals surface area contributed by atoms with Crippen LogP contribution >= 0.6 is 11.8 Å². The second-order valence-electron chi connectivity index (χ2n) is 8.18. The molecule has 0 spiro atoms. The molecule has 182 valence electrons. The van der Waals surface area contributed by atoms with Gasteiger partial charge in [0.2, 0.25) is 5.91 Å². The number of carbonyl (C=O) groups is 3. The summed E-state index contributed by atoms with van der Waals surface area (Å²) in [5.41, 5.74) is 5.43. The van der Waals surface area contributed by atoms with Crippen molar-refractivity contribution < 1.29 is 19.1 Å². The van der Waals surface area contributed by atoms with Gasteiger partial charge >= 0.3 is 5.69 Å². The lowest BCUT2D eigenvalue weighted by molar-refractivity contribution is -0.125. The summed E-state index contributed by atoms with van der Waals surface area (Å²) in [4.78, 5) is 67.0. The Balaban J connectivity index is 2.01. The van der Waals surface area contributed by atoms with E-state index in [1.54, 1.807) is 24.3 Å². The molecule has 1 aliphatic heterocycles. The smallest absolute Gasteiger partial charge is 0.330 e. The molecule has 0 radical (unpaired) electrons. The van der Waals surface area contributed by atoms with Crippen LogP contribution in [0.4, 0.5) is 16.3 Å². The number of amides is 3. The topological polar surface area (TPSA) is 148 Å². The van der Waals surface area contributed by atoms with Gasteiger partial charge < -0.3 is 10.5 Å². The Morgan fingerprint density at radius 3 is 2.62 bits per heavy atom. The number of nitrogens with one attached hydrogen (secondary N) is 1. The molecule has 11 nitrogen and oxygen atoms in total. The van der Waals surface area contributed by atoms with E-state index in [0.717, 1.165) is 16.7 Å². The fourth-order valence-electron chi connectivity index (χ4n) is 3.56. The number of hydrogen-bond acceptors (Lipinski definition) is 8. The predicted molar refractivity (Wildman–Crippen MR) is 129 cm³/mol. The van der Waals surface area contributed by atoms with Crippen molar-refractivity contribution in [2.24, 2.45) is 5.92 Å². The molecule has 0 atom stereocenters. The average molecular weight is 490 g/mol. The lowest BCUT2D eigenvalue weighted by Gasteiger charge is -2.25. The molecule has 3 amide bonds. The number of carbonyl (C=O) groups excluding carboxylic acids is 3. The Kier molecular flexibility index (Phi) is 7.94. The molecule has 0 aliphatic carbocycles. The van der Waals surface area contributed by atoms with Crippen molar-refractivity contribution in [3.8, 4) is 0 Å². The van der Waals surface area contributed by atoms with E-state index in [0.29, 0.717) is 5.56 Å². The predicted octanol–water partition coefficient (Wildman–Crippen LogP) is 1.26. The SMILES string of the molecule is COCCN(C(=O)c1cccc(CN2C(=O)CSC2=O)c1)c1c(N)n(CC(C)C)c(=O)[nH]c1=O. The maximum atomic E-state index is 13.5. The first-order valence-electron chi connectivity index (χ1n) is 10.6. The van der Waals surface area contributed by atoms with Gasteiger partial charge in [0.1, 0.15) is 5.82 Å². The Morgan fingerprint density at radius 1 is 1.26 bits per heavy atom. The minimum Gasteiger partial charge on any atom is -0.383 e. The number of imide groups is 1. The van der Waals surface area contributed by atoms with Gasteiger partial charge in [0.15, 0.2) is 5.69 Å². The highest BCUT2D eigenvalue weighted by Crippen LogP contribution is 2.23. The number of ether oxygens (including phenoxy) is 1. The van der Waals surface area contributed by atoms with Crippen LogP contribution in [0.1, 0.15) is 29.8 Å². The molecule has 34 heavy (non-hydrogen) atoms. The number of nitrogens with two attached hydrogens (primary N) is 1. The summed E-state index contributed by atoms with van der Waals surface area (Å²) in [6.07, 6.45) is 0. The van der Waals surface area contributed by atoms with Crippen molar-refractivity contribution >= 4 is 40.3 Å². The fourth-order valence-corrected chi connectivity index (χ4v) is 4.28. The number of hydrogen-bond donors (Lipinski definition) is 2. The van der Waals surface area contributed by atoms with Crippen LogP contribution in [0.25, 0.3) is 0 Å². The van der Waals surface area contributed by atoms with E-state index in [-0.39, 0.29) is 66.1 Å². The third-order valence-corrected chi connectivity index (χ3v) is 6.01. The van der Waals surface area contributed by atoms with Gasteiger partial charge in [0.25, 0.3) is 16.7 Å². The monoisotopic (exact) mass is 489 g/mol. The molecule has 1 fully saturated rings. The van der Waals surface area contributed by atoms with Crippen molar-refractivity contribution in [1.29, 1.82) is 0 Å². The number of aromatic amines is 1. The Morgan fingerprint density at radius 2 is 2.00 bits per heavy atom. The van der Waals surface area contributed by atoms with E-state index in [1.165, 1.54) is 16.6 Å². The maximum absolute atomic E-state index is 13.5. The zero-order valence-electron chi connectivity index (χ0n) is 19.2. The highest BCUT2D eigenvalue weighted by molar-refractivity contribution is 8.14. The summed E-state index contributed by atoms with van der Waals surface area (Å²) < 4.78 is 6.34. The molecular weight excluding hydrogens is 462 g/mol. The second kappa shape index (κ2) is 10.7. The number of rotatable bonds is 9. The summed E-state index contributed by atoms with van der Waals surface area (Å²) in [5, 5.41) is -0.338. The van der Waals surface area contributed by atoms with Gasteiger partial charge in [-0.3, -0.25) is 38.5 Å². The van der Waals surface area contributed by atoms with Gasteiger partial charge in [-0.15, -0.1) is 0 Å². The number of H-pyrrole nitrogens is 1. The van der Waals surface area contributed by atoms with Gasteiger partial charge in [0, 0.05) is 25.8 Å². The zero-order chi connectivity index (χ0) is 25.0. The summed E-state index contributed by atoms with van der Waals surface area (Å²) in [7, 11) is 1.46. The van der Waals surface area contributed by atoms with Crippen molar-refractivity contribution in [3.63, 3.8) is 0 Å². The van der Waals surface area contributed by atoms with Crippen molar-refractivity contribution in [3.05, 3.63) is 56.2 Å². The molecule has 2 aromatic rings. The first-order chi connectivity index (χ1) is 16.1. The molecule has 0 saturated carbocycles. The molecule has 0 bridgehead atoms. The van der Waals surface area contributed by atoms with E-state index in [1.807, 2.05) is 13.8 Å². The first-order valence-corrected chi connectivity index (χ1v) is 11.6. The van der Waals surface area contributed by atoms with Crippen LogP contribution in [0, 0.1) is 5.92 Å². The molecular formula is C22H27N5O6S. The molecule has 12 heteroatoms. The van der Waals surface area contributed by atoms with Crippen molar-refractivity contribution in [1.82, 2.24) is 14.5 Å². The molecule has 1 aromatic heterocycles. The van der Waals surface area contributed by atoms with E-state index in [9.17, 15) is 24.0 Å². The largest absolute Gasteiger partial charge is 0.383 e. The minimum atomic E-state index is -0.784. The van der Waals surface area contributed by atoms with Crippen LogP contribution in [-0.4, -0.2) is 57.5 Å². The molecule has 1 saturated heterocycles. The van der Waals surface area contributed by atoms with Crippen LogP contribution in [0.5, 0.6) is 0 Å². The number of anilines is 2. The summed E-state index contributed by atoms with van der Waals surface area (Å²) in [5.74, 6) is -0.795. The first kappa shape index (κ1) is 25.2. The molecule has 0 unspecified atom stereocenters. The number of thioether (sulfide) groups is 1. The third-order valence-electron chi connectivity index (χ3n) is 5.15. The standard InChI is InChI=1S/C22H27N5O6S/c1-13(2)10-27-18(23)17(19(29)24-21(27)31)25(7-8-33-3)20(30)15-6-4-5-14(9-15)11-26-16(28)12-34-22(26)32/h4-6,9,13H,7-8,10-12,23H2,1-3H3,(H,24,29,31). The van der Waals surface area contributed by atoms with E-state index >= 15 is 0 Å². The maximum Gasteiger partial charge on any atom is 0.330 e. The second-order valence-corrected chi connectivity index (χ2v) is 9.11. The van der Waals surface area contributed by atoms with Crippen LogP contribution in [-0.2, 0) is 22.6 Å². The highest BCUT2D eigenvalue weighted by atomic mass is 32.2. The van der Waals surface area contributed by atoms with E-state index in [2.05, 4.69) is 4.98 Å². The number of nitrogens with zero attached hydrogens (tertiary/aromatic N) is 3. The van der Waals surface area contributed by atoms with E-state index in [4.69, 9.17) is 10.5 Å². The normalized spacial score (nSPS) is 13.7. The van der Waals surface area contributed by atoms with Gasteiger partial charge in [0.05, 0.1) is 18.9 Å². The molecule has 1 aromatic carbocycles. The lowest BCUT2D eigenvalue weighted by atomic mass is 10.1. The van der Waals surface area contributed by atoms with Gasteiger partial charge in [-0.2, -0.15) is 0 Å². The van der Waals surface area contributed by atoms with Gasteiger partial charge in [-0.25, -0.2) is 4.79 Å². The van der Waals surface area contributed by atoms with Crippen LogP contribution in [0.15, 0.2) is 33.9 Å². The highest BCUT2D eigenvalue weighted by Gasteiger charge is 2.30. The lowest BCUT2D eigenvalue weighted by Crippen LogP contribution is -2.43. The average Bonchev–Trinajstić information content (AvgIpc) is 3.10. The fraction of sp³-hybridized carbons (Fsp3) is 0.409. The van der Waals surface area contributed by atoms with Crippen molar-refractivity contribution in [2.75, 3.05) is 36.6 Å². The molecule has 1 aliphatic rings.